The predicted octanol–water partition coefficient (Wildman–Crippen LogP) is 3.68. The number of carbonyl (C=O) groups excluding carboxylic acids is 1. The van der Waals surface area contributed by atoms with E-state index in [1.807, 2.05) is 45.0 Å². The van der Waals surface area contributed by atoms with Gasteiger partial charge in [-0.3, -0.25) is 9.10 Å². The van der Waals surface area contributed by atoms with Crippen LogP contribution in [0.5, 0.6) is 5.75 Å². The lowest BCUT2D eigenvalue weighted by Crippen LogP contribution is -2.41. The molecule has 0 saturated carbocycles. The molecule has 0 saturated heterocycles. The van der Waals surface area contributed by atoms with Gasteiger partial charge in [-0.1, -0.05) is 31.2 Å². The normalized spacial score (nSPS) is 12.5. The number of nitrogens with one attached hydrogen (secondary N) is 1. The summed E-state index contributed by atoms with van der Waals surface area (Å²) in [5, 5.41) is 2.87. The predicted molar refractivity (Wildman–Crippen MR) is 117 cm³/mol. The molecule has 0 unspecified atom stereocenters. The number of rotatable bonds is 9. The van der Waals surface area contributed by atoms with Crippen molar-refractivity contribution in [3.63, 3.8) is 0 Å². The summed E-state index contributed by atoms with van der Waals surface area (Å²) >= 11 is 0. The van der Waals surface area contributed by atoms with Gasteiger partial charge in [-0.25, -0.2) is 8.42 Å². The van der Waals surface area contributed by atoms with Gasteiger partial charge in [0.1, 0.15) is 12.3 Å². The van der Waals surface area contributed by atoms with E-state index < -0.39 is 10.0 Å². The summed E-state index contributed by atoms with van der Waals surface area (Å²) in [4.78, 5) is 12.6. The first kappa shape index (κ1) is 22.7. The highest BCUT2D eigenvalue weighted by Gasteiger charge is 2.22. The molecular formula is C22H30N2O4S. The van der Waals surface area contributed by atoms with E-state index in [1.54, 1.807) is 24.3 Å². The Labute approximate surface area is 173 Å². The zero-order chi connectivity index (χ0) is 21.6. The summed E-state index contributed by atoms with van der Waals surface area (Å²) < 4.78 is 31.2. The molecule has 7 heteroatoms. The molecule has 1 N–H and O–H groups in total. The van der Waals surface area contributed by atoms with Crippen LogP contribution in [0.15, 0.2) is 48.5 Å². The molecule has 0 fully saturated rings. The highest BCUT2D eigenvalue weighted by molar-refractivity contribution is 7.92. The van der Waals surface area contributed by atoms with E-state index in [4.69, 9.17) is 4.74 Å². The van der Waals surface area contributed by atoms with Gasteiger partial charge in [0.15, 0.2) is 0 Å². The van der Waals surface area contributed by atoms with E-state index in [-0.39, 0.29) is 24.6 Å². The van der Waals surface area contributed by atoms with Gasteiger partial charge in [0.25, 0.3) is 0 Å². The fourth-order valence-electron chi connectivity index (χ4n) is 2.91. The molecule has 2 rings (SSSR count). The molecule has 1 amide bonds. The number of anilines is 1. The quantitative estimate of drug-likeness (QED) is 0.674. The van der Waals surface area contributed by atoms with Crippen molar-refractivity contribution in [2.45, 2.75) is 46.3 Å². The molecule has 0 aromatic heterocycles. The minimum atomic E-state index is -3.63. The summed E-state index contributed by atoms with van der Waals surface area (Å²) in [6, 6.07) is 14.5. The number of sulfonamides is 1. The molecule has 0 heterocycles. The molecule has 158 valence electrons. The first-order valence-electron chi connectivity index (χ1n) is 9.72. The molecule has 29 heavy (non-hydrogen) atoms. The minimum Gasteiger partial charge on any atom is -0.491 e. The van der Waals surface area contributed by atoms with Crippen molar-refractivity contribution in [2.75, 3.05) is 17.1 Å². The third kappa shape index (κ3) is 6.78. The molecule has 1 atom stereocenters. The Morgan fingerprint density at radius 2 is 1.62 bits per heavy atom. The zero-order valence-corrected chi connectivity index (χ0v) is 18.5. The van der Waals surface area contributed by atoms with Crippen LogP contribution in [0.2, 0.25) is 0 Å². The van der Waals surface area contributed by atoms with E-state index in [1.165, 1.54) is 5.56 Å². The number of hydrogen-bond donors (Lipinski definition) is 1. The Morgan fingerprint density at radius 1 is 1.03 bits per heavy atom. The molecule has 2 aromatic rings. The molecule has 0 spiro atoms. The van der Waals surface area contributed by atoms with E-state index in [2.05, 4.69) is 12.2 Å². The fraction of sp³-hybridized carbons (Fsp3) is 0.409. The highest BCUT2D eigenvalue weighted by atomic mass is 32.2. The van der Waals surface area contributed by atoms with Crippen molar-refractivity contribution < 1.29 is 17.9 Å². The molecule has 0 bridgehead atoms. The maximum Gasteiger partial charge on any atom is 0.241 e. The van der Waals surface area contributed by atoms with Gasteiger partial charge in [0.2, 0.25) is 15.9 Å². The van der Waals surface area contributed by atoms with Gasteiger partial charge in [0.05, 0.1) is 24.1 Å². The van der Waals surface area contributed by atoms with Crippen LogP contribution in [0.25, 0.3) is 0 Å². The molecule has 0 aliphatic heterocycles. The van der Waals surface area contributed by atoms with E-state index in [0.717, 1.165) is 22.5 Å². The second kappa shape index (κ2) is 9.78. The monoisotopic (exact) mass is 418 g/mol. The lowest BCUT2D eigenvalue weighted by molar-refractivity contribution is -0.120. The van der Waals surface area contributed by atoms with Crippen LogP contribution < -0.4 is 14.4 Å². The Morgan fingerprint density at radius 3 is 2.10 bits per heavy atom. The van der Waals surface area contributed by atoms with Gasteiger partial charge in [-0.2, -0.15) is 0 Å². The van der Waals surface area contributed by atoms with Gasteiger partial charge in [0, 0.05) is 0 Å². The number of amides is 1. The molecule has 6 nitrogen and oxygen atoms in total. The number of aryl methyl sites for hydroxylation is 1. The number of benzene rings is 2. The van der Waals surface area contributed by atoms with E-state index in [0.29, 0.717) is 11.4 Å². The summed E-state index contributed by atoms with van der Waals surface area (Å²) in [5.74, 6) is 0.274. The van der Waals surface area contributed by atoms with Crippen LogP contribution in [-0.2, 0) is 21.2 Å². The van der Waals surface area contributed by atoms with Crippen molar-refractivity contribution in [1.29, 1.82) is 0 Å². The standard InChI is InChI=1S/C22H30N2O4S/c1-6-18-7-9-19(10-8-18)17(4)23-22(25)15-24(29(5,26)27)20-11-13-21(14-12-20)28-16(2)3/h7-14,16-17H,6,15H2,1-5H3,(H,23,25)/t17-/m1/s1. The van der Waals surface area contributed by atoms with E-state index in [9.17, 15) is 13.2 Å². The Balaban J connectivity index is 2.10. The van der Waals surface area contributed by atoms with Crippen molar-refractivity contribution in [2.24, 2.45) is 0 Å². The van der Waals surface area contributed by atoms with Crippen molar-refractivity contribution in [3.05, 3.63) is 59.7 Å². The number of nitrogens with zero attached hydrogens (tertiary/aromatic N) is 1. The minimum absolute atomic E-state index is 0.0190. The zero-order valence-electron chi connectivity index (χ0n) is 17.7. The van der Waals surface area contributed by atoms with Crippen LogP contribution >= 0.6 is 0 Å². The van der Waals surface area contributed by atoms with Crippen LogP contribution in [0.1, 0.15) is 44.9 Å². The highest BCUT2D eigenvalue weighted by Crippen LogP contribution is 2.22. The van der Waals surface area contributed by atoms with Gasteiger partial charge >= 0.3 is 0 Å². The maximum absolute atomic E-state index is 12.6. The molecule has 0 aliphatic carbocycles. The topological polar surface area (TPSA) is 75.7 Å². The number of hydrogen-bond acceptors (Lipinski definition) is 4. The lowest BCUT2D eigenvalue weighted by atomic mass is 10.1. The molecule has 0 aliphatic rings. The SMILES string of the molecule is CCc1ccc([C@@H](C)NC(=O)CN(c2ccc(OC(C)C)cc2)S(C)(=O)=O)cc1. The number of carbonyl (C=O) groups is 1. The third-order valence-corrected chi connectivity index (χ3v) is 5.59. The lowest BCUT2D eigenvalue weighted by Gasteiger charge is -2.23. The Hall–Kier alpha value is -2.54. The second-order valence-electron chi connectivity index (χ2n) is 7.31. The first-order valence-corrected chi connectivity index (χ1v) is 11.6. The average Bonchev–Trinajstić information content (AvgIpc) is 2.65. The third-order valence-electron chi connectivity index (χ3n) is 4.45. The Kier molecular flexibility index (Phi) is 7.67. The van der Waals surface area contributed by atoms with Gasteiger partial charge in [-0.15, -0.1) is 0 Å². The summed E-state index contributed by atoms with van der Waals surface area (Å²) in [6.45, 7) is 7.50. The summed E-state index contributed by atoms with van der Waals surface area (Å²) in [5.41, 5.74) is 2.61. The summed E-state index contributed by atoms with van der Waals surface area (Å²) in [6.07, 6.45) is 2.06. The Bertz CT molecular complexity index is 907. The van der Waals surface area contributed by atoms with Gasteiger partial charge < -0.3 is 10.1 Å². The summed E-state index contributed by atoms with van der Waals surface area (Å²) in [7, 11) is -3.63. The molecule has 0 radical (unpaired) electrons. The smallest absolute Gasteiger partial charge is 0.241 e. The van der Waals surface area contributed by atoms with Crippen molar-refractivity contribution >= 4 is 21.6 Å². The van der Waals surface area contributed by atoms with Crippen LogP contribution in [0.3, 0.4) is 0 Å². The van der Waals surface area contributed by atoms with Crippen LogP contribution in [0.4, 0.5) is 5.69 Å². The maximum atomic E-state index is 12.6. The van der Waals surface area contributed by atoms with E-state index >= 15 is 0 Å². The number of ether oxygens (including phenoxy) is 1. The van der Waals surface area contributed by atoms with Crippen molar-refractivity contribution in [3.8, 4) is 5.75 Å². The van der Waals surface area contributed by atoms with Gasteiger partial charge in [-0.05, 0) is 62.6 Å². The molecule has 2 aromatic carbocycles. The average molecular weight is 419 g/mol. The second-order valence-corrected chi connectivity index (χ2v) is 9.22. The van der Waals surface area contributed by atoms with Crippen LogP contribution in [0, 0.1) is 0 Å². The fourth-order valence-corrected chi connectivity index (χ4v) is 3.76. The van der Waals surface area contributed by atoms with Crippen molar-refractivity contribution in [1.82, 2.24) is 5.32 Å². The first-order chi connectivity index (χ1) is 13.6. The van der Waals surface area contributed by atoms with Crippen LogP contribution in [-0.4, -0.2) is 33.2 Å². The largest absolute Gasteiger partial charge is 0.491 e. The molecular weight excluding hydrogens is 388 g/mol.